The Morgan fingerprint density at radius 2 is 2.06 bits per heavy atom. The van der Waals surface area contributed by atoms with Gasteiger partial charge >= 0.3 is 0 Å². The normalized spacial score (nSPS) is 12.6. The molecule has 1 aromatic carbocycles. The van der Waals surface area contributed by atoms with Crippen LogP contribution >= 0.6 is 0 Å². The molecule has 0 radical (unpaired) electrons. The summed E-state index contributed by atoms with van der Waals surface area (Å²) in [7, 11) is 1.71. The molecule has 2 aromatic rings. The maximum absolute atomic E-state index is 5.04. The van der Waals surface area contributed by atoms with Crippen molar-refractivity contribution < 1.29 is 4.74 Å². The Labute approximate surface area is 101 Å². The van der Waals surface area contributed by atoms with Gasteiger partial charge in [-0.05, 0) is 25.5 Å². The molecule has 1 atom stereocenters. The first kappa shape index (κ1) is 11.8. The smallest absolute Gasteiger partial charge is 0.145 e. The lowest BCUT2D eigenvalue weighted by atomic mass is 10.2. The Kier molecular flexibility index (Phi) is 3.88. The van der Waals surface area contributed by atoms with Crippen molar-refractivity contribution in [1.29, 1.82) is 0 Å². The molecule has 0 aliphatic rings. The molecule has 90 valence electrons. The number of fused-ring (bicyclic) bond motifs is 1. The zero-order valence-corrected chi connectivity index (χ0v) is 10.2. The molecule has 4 nitrogen and oxygen atoms in total. The summed E-state index contributed by atoms with van der Waals surface area (Å²) >= 11 is 0. The fourth-order valence-corrected chi connectivity index (χ4v) is 1.65. The summed E-state index contributed by atoms with van der Waals surface area (Å²) in [5.74, 6) is 0.812. The van der Waals surface area contributed by atoms with Gasteiger partial charge in [0.15, 0.2) is 0 Å². The first-order chi connectivity index (χ1) is 8.29. The van der Waals surface area contributed by atoms with E-state index in [9.17, 15) is 0 Å². The fraction of sp³-hybridized carbons (Fsp3) is 0.385. The van der Waals surface area contributed by atoms with Gasteiger partial charge in [-0.2, -0.15) is 0 Å². The number of nitrogens with zero attached hydrogens (tertiary/aromatic N) is 2. The van der Waals surface area contributed by atoms with Gasteiger partial charge in [0.05, 0.1) is 17.2 Å². The number of nitrogens with one attached hydrogen (secondary N) is 1. The quantitative estimate of drug-likeness (QED) is 0.858. The summed E-state index contributed by atoms with van der Waals surface area (Å²) in [4.78, 5) is 8.87. The van der Waals surface area contributed by atoms with Crippen LogP contribution in [0.2, 0.25) is 0 Å². The van der Waals surface area contributed by atoms with E-state index in [1.54, 1.807) is 13.3 Å². The Bertz CT molecular complexity index is 487. The van der Waals surface area contributed by atoms with E-state index in [0.29, 0.717) is 6.04 Å². The monoisotopic (exact) mass is 231 g/mol. The van der Waals surface area contributed by atoms with Crippen molar-refractivity contribution in [3.8, 4) is 0 Å². The largest absolute Gasteiger partial charge is 0.385 e. The maximum Gasteiger partial charge on any atom is 0.145 e. The summed E-state index contributed by atoms with van der Waals surface area (Å²) in [5.41, 5.74) is 1.83. The zero-order chi connectivity index (χ0) is 12.1. The van der Waals surface area contributed by atoms with Crippen molar-refractivity contribution in [2.24, 2.45) is 0 Å². The SMILES string of the molecule is COCCC(C)Nc1cnc2ccccc2n1. The average Bonchev–Trinajstić information content (AvgIpc) is 2.36. The Morgan fingerprint density at radius 3 is 2.82 bits per heavy atom. The first-order valence-corrected chi connectivity index (χ1v) is 5.77. The minimum atomic E-state index is 0.324. The maximum atomic E-state index is 5.04. The number of methoxy groups -OCH3 is 1. The summed E-state index contributed by atoms with van der Waals surface area (Å²) in [6.07, 6.45) is 2.72. The predicted octanol–water partition coefficient (Wildman–Crippen LogP) is 2.47. The summed E-state index contributed by atoms with van der Waals surface area (Å²) in [6.45, 7) is 2.85. The molecule has 0 aliphatic heterocycles. The molecule has 0 saturated heterocycles. The highest BCUT2D eigenvalue weighted by molar-refractivity contribution is 5.75. The van der Waals surface area contributed by atoms with Gasteiger partial charge in [-0.15, -0.1) is 0 Å². The molecular formula is C13H17N3O. The first-order valence-electron chi connectivity index (χ1n) is 5.77. The highest BCUT2D eigenvalue weighted by atomic mass is 16.5. The lowest BCUT2D eigenvalue weighted by molar-refractivity contribution is 0.191. The molecule has 0 fully saturated rings. The van der Waals surface area contributed by atoms with Crippen molar-refractivity contribution in [3.63, 3.8) is 0 Å². The third-order valence-corrected chi connectivity index (χ3v) is 2.60. The molecule has 2 rings (SSSR count). The molecule has 1 aromatic heterocycles. The average molecular weight is 231 g/mol. The number of aromatic nitrogens is 2. The van der Waals surface area contributed by atoms with E-state index in [4.69, 9.17) is 4.74 Å². The van der Waals surface area contributed by atoms with Gasteiger partial charge in [-0.1, -0.05) is 12.1 Å². The van der Waals surface area contributed by atoms with Crippen LogP contribution in [0.3, 0.4) is 0 Å². The molecule has 1 N–H and O–H groups in total. The topological polar surface area (TPSA) is 47.0 Å². The van der Waals surface area contributed by atoms with Crippen LogP contribution in [0.1, 0.15) is 13.3 Å². The molecule has 4 heteroatoms. The van der Waals surface area contributed by atoms with E-state index in [2.05, 4.69) is 22.2 Å². The number of hydrogen-bond acceptors (Lipinski definition) is 4. The van der Waals surface area contributed by atoms with Crippen molar-refractivity contribution in [2.45, 2.75) is 19.4 Å². The number of ether oxygens (including phenoxy) is 1. The third-order valence-electron chi connectivity index (χ3n) is 2.60. The van der Waals surface area contributed by atoms with Crippen LogP contribution < -0.4 is 5.32 Å². The standard InChI is InChI=1S/C13H17N3O/c1-10(7-8-17-2)15-13-9-14-11-5-3-4-6-12(11)16-13/h3-6,9-10H,7-8H2,1-2H3,(H,15,16). The minimum Gasteiger partial charge on any atom is -0.385 e. The summed E-state index contributed by atoms with van der Waals surface area (Å²) < 4.78 is 5.04. The molecule has 0 bridgehead atoms. The number of rotatable bonds is 5. The van der Waals surface area contributed by atoms with Crippen LogP contribution in [0, 0.1) is 0 Å². The summed E-state index contributed by atoms with van der Waals surface area (Å²) in [6, 6.07) is 8.18. The Hall–Kier alpha value is -1.68. The Morgan fingerprint density at radius 1 is 1.29 bits per heavy atom. The second kappa shape index (κ2) is 5.59. The van der Waals surface area contributed by atoms with Gasteiger partial charge in [0.1, 0.15) is 5.82 Å². The highest BCUT2D eigenvalue weighted by Crippen LogP contribution is 2.12. The van der Waals surface area contributed by atoms with Crippen LogP contribution in [0.5, 0.6) is 0 Å². The number of para-hydroxylation sites is 2. The molecule has 1 heterocycles. The van der Waals surface area contributed by atoms with E-state index in [1.165, 1.54) is 0 Å². The van der Waals surface area contributed by atoms with Crippen LogP contribution in [0.25, 0.3) is 11.0 Å². The van der Waals surface area contributed by atoms with E-state index in [-0.39, 0.29) is 0 Å². The molecule has 1 unspecified atom stereocenters. The molecule has 0 spiro atoms. The van der Waals surface area contributed by atoms with Crippen molar-refractivity contribution in [1.82, 2.24) is 9.97 Å². The second-order valence-electron chi connectivity index (χ2n) is 4.07. The third kappa shape index (κ3) is 3.14. The fourth-order valence-electron chi connectivity index (χ4n) is 1.65. The van der Waals surface area contributed by atoms with Crippen molar-refractivity contribution in [3.05, 3.63) is 30.5 Å². The number of benzene rings is 1. The van der Waals surface area contributed by atoms with Gasteiger partial charge in [0.2, 0.25) is 0 Å². The lowest BCUT2D eigenvalue weighted by Gasteiger charge is -2.13. The van der Waals surface area contributed by atoms with Crippen LogP contribution in [-0.2, 0) is 4.74 Å². The summed E-state index contributed by atoms with van der Waals surface area (Å²) in [5, 5.41) is 3.32. The molecule has 0 amide bonds. The Balaban J connectivity index is 2.08. The van der Waals surface area contributed by atoms with Crippen LogP contribution in [0.15, 0.2) is 30.5 Å². The van der Waals surface area contributed by atoms with Gasteiger partial charge in [-0.3, -0.25) is 4.98 Å². The van der Waals surface area contributed by atoms with E-state index in [0.717, 1.165) is 29.9 Å². The van der Waals surface area contributed by atoms with Crippen LogP contribution in [0.4, 0.5) is 5.82 Å². The van der Waals surface area contributed by atoms with E-state index in [1.807, 2.05) is 24.3 Å². The van der Waals surface area contributed by atoms with Gasteiger partial charge < -0.3 is 10.1 Å². The molecule has 0 saturated carbocycles. The number of anilines is 1. The van der Waals surface area contributed by atoms with Gasteiger partial charge in [0, 0.05) is 19.8 Å². The second-order valence-corrected chi connectivity index (χ2v) is 4.07. The molecule has 17 heavy (non-hydrogen) atoms. The van der Waals surface area contributed by atoms with E-state index < -0.39 is 0 Å². The zero-order valence-electron chi connectivity index (χ0n) is 10.2. The molecular weight excluding hydrogens is 214 g/mol. The van der Waals surface area contributed by atoms with Crippen molar-refractivity contribution in [2.75, 3.05) is 19.0 Å². The van der Waals surface area contributed by atoms with Crippen molar-refractivity contribution >= 4 is 16.9 Å². The molecule has 0 aliphatic carbocycles. The lowest BCUT2D eigenvalue weighted by Crippen LogP contribution is -2.18. The van der Waals surface area contributed by atoms with Crippen LogP contribution in [-0.4, -0.2) is 29.7 Å². The van der Waals surface area contributed by atoms with Gasteiger partial charge in [-0.25, -0.2) is 4.98 Å². The predicted molar refractivity (Wildman–Crippen MR) is 69.1 cm³/mol. The number of hydrogen-bond donors (Lipinski definition) is 1. The highest BCUT2D eigenvalue weighted by Gasteiger charge is 2.04. The minimum absolute atomic E-state index is 0.324. The van der Waals surface area contributed by atoms with E-state index >= 15 is 0 Å². The van der Waals surface area contributed by atoms with Gasteiger partial charge in [0.25, 0.3) is 0 Å².